The Labute approximate surface area is 61.4 Å². The summed E-state index contributed by atoms with van der Waals surface area (Å²) in [6.07, 6.45) is 1.09. The number of carbonyl (C=O) groups is 1. The van der Waals surface area contributed by atoms with Crippen LogP contribution in [-0.4, -0.2) is 37.0 Å². The van der Waals surface area contributed by atoms with Crippen LogP contribution in [0.1, 0.15) is 13.3 Å². The van der Waals surface area contributed by atoms with Crippen molar-refractivity contribution in [3.05, 3.63) is 0 Å². The fourth-order valence-corrected chi connectivity index (χ4v) is 1.34. The van der Waals surface area contributed by atoms with Crippen molar-refractivity contribution in [3.8, 4) is 0 Å². The largest absolute Gasteiger partial charge is 0.352 e. The lowest BCUT2D eigenvalue weighted by Gasteiger charge is -2.10. The molecule has 1 amide bonds. The molecule has 1 saturated heterocycles. The molecule has 0 spiro atoms. The molecule has 1 N–H and O–H groups in total. The van der Waals surface area contributed by atoms with Gasteiger partial charge in [0.2, 0.25) is 5.91 Å². The number of rotatable bonds is 1. The van der Waals surface area contributed by atoms with Crippen LogP contribution in [0.15, 0.2) is 0 Å². The van der Waals surface area contributed by atoms with Crippen LogP contribution in [0.5, 0.6) is 0 Å². The first-order valence-electron chi connectivity index (χ1n) is 3.64. The van der Waals surface area contributed by atoms with Crippen LogP contribution in [0.25, 0.3) is 0 Å². The van der Waals surface area contributed by atoms with Crippen molar-refractivity contribution in [2.75, 3.05) is 20.1 Å². The molecule has 1 atom stereocenters. The van der Waals surface area contributed by atoms with E-state index in [4.69, 9.17) is 0 Å². The molecule has 0 unspecified atom stereocenters. The number of carbonyl (C=O) groups excluding carboxylic acids is 1. The lowest BCUT2D eigenvalue weighted by atomic mass is 10.3. The number of likely N-dealkylation sites (N-methyl/N-ethyl adjacent to an activating group) is 1. The van der Waals surface area contributed by atoms with E-state index in [1.807, 2.05) is 0 Å². The molecular formula is C7H14N2O. The molecule has 3 nitrogen and oxygen atoms in total. The predicted octanol–water partition coefficient (Wildman–Crippen LogP) is -0.173. The minimum Gasteiger partial charge on any atom is -0.352 e. The van der Waals surface area contributed by atoms with Crippen LogP contribution >= 0.6 is 0 Å². The average molecular weight is 142 g/mol. The summed E-state index contributed by atoms with van der Waals surface area (Å²) in [5.41, 5.74) is 0. The Morgan fingerprint density at radius 2 is 2.40 bits per heavy atom. The Bertz CT molecular complexity index is 136. The molecular weight excluding hydrogens is 128 g/mol. The van der Waals surface area contributed by atoms with Crippen LogP contribution in [0.3, 0.4) is 0 Å². The van der Waals surface area contributed by atoms with E-state index in [0.717, 1.165) is 19.5 Å². The van der Waals surface area contributed by atoms with E-state index in [2.05, 4.69) is 17.3 Å². The molecule has 1 rings (SSSR count). The molecule has 0 radical (unpaired) electrons. The molecule has 0 aromatic heterocycles. The molecule has 0 aromatic rings. The summed E-state index contributed by atoms with van der Waals surface area (Å²) in [5, 5.41) is 2.89. The maximum Gasteiger partial charge on any atom is 0.217 e. The van der Waals surface area contributed by atoms with Crippen LogP contribution < -0.4 is 5.32 Å². The van der Waals surface area contributed by atoms with Gasteiger partial charge in [-0.25, -0.2) is 0 Å². The van der Waals surface area contributed by atoms with Gasteiger partial charge < -0.3 is 10.2 Å². The van der Waals surface area contributed by atoms with Gasteiger partial charge >= 0.3 is 0 Å². The van der Waals surface area contributed by atoms with E-state index in [9.17, 15) is 4.79 Å². The van der Waals surface area contributed by atoms with Crippen molar-refractivity contribution < 1.29 is 4.79 Å². The number of hydrogen-bond donors (Lipinski definition) is 1. The van der Waals surface area contributed by atoms with Gasteiger partial charge in [0.25, 0.3) is 0 Å². The molecule has 0 saturated carbocycles. The Morgan fingerprint density at radius 3 is 2.80 bits per heavy atom. The highest BCUT2D eigenvalue weighted by Crippen LogP contribution is 2.05. The van der Waals surface area contributed by atoms with Gasteiger partial charge in [0.05, 0.1) is 0 Å². The first-order valence-corrected chi connectivity index (χ1v) is 3.64. The highest BCUT2D eigenvalue weighted by Gasteiger charge is 2.19. The number of nitrogens with one attached hydrogen (secondary N) is 1. The van der Waals surface area contributed by atoms with Gasteiger partial charge in [-0.15, -0.1) is 0 Å². The first kappa shape index (κ1) is 7.54. The Kier molecular flexibility index (Phi) is 2.27. The smallest absolute Gasteiger partial charge is 0.217 e. The van der Waals surface area contributed by atoms with Crippen LogP contribution in [-0.2, 0) is 4.79 Å². The van der Waals surface area contributed by atoms with Gasteiger partial charge in [-0.1, -0.05) is 0 Å². The quantitative estimate of drug-likeness (QED) is 0.551. The SMILES string of the molecule is CC(=O)N[C@H]1CCN(C)C1. The van der Waals surface area contributed by atoms with E-state index in [0.29, 0.717) is 6.04 Å². The predicted molar refractivity (Wildman–Crippen MR) is 39.7 cm³/mol. The van der Waals surface area contributed by atoms with Crippen LogP contribution in [0.2, 0.25) is 0 Å². The molecule has 0 aromatic carbocycles. The Morgan fingerprint density at radius 1 is 1.70 bits per heavy atom. The summed E-state index contributed by atoms with van der Waals surface area (Å²) in [6.45, 7) is 3.67. The normalized spacial score (nSPS) is 26.8. The fourth-order valence-electron chi connectivity index (χ4n) is 1.34. The standard InChI is InChI=1S/C7H14N2O/c1-6(10)8-7-3-4-9(2)5-7/h7H,3-5H2,1-2H3,(H,8,10)/t7-/m0/s1. The van der Waals surface area contributed by atoms with Gasteiger partial charge in [0.15, 0.2) is 0 Å². The highest BCUT2D eigenvalue weighted by atomic mass is 16.1. The molecule has 1 heterocycles. The van der Waals surface area contributed by atoms with E-state index in [1.165, 1.54) is 0 Å². The zero-order valence-corrected chi connectivity index (χ0v) is 6.55. The average Bonchev–Trinajstić information content (AvgIpc) is 2.13. The summed E-state index contributed by atoms with van der Waals surface area (Å²) in [5.74, 6) is 0.0836. The zero-order valence-electron chi connectivity index (χ0n) is 6.55. The van der Waals surface area contributed by atoms with Crippen molar-refractivity contribution in [1.29, 1.82) is 0 Å². The van der Waals surface area contributed by atoms with Gasteiger partial charge in [0.1, 0.15) is 0 Å². The van der Waals surface area contributed by atoms with Gasteiger partial charge in [0, 0.05) is 19.5 Å². The van der Waals surface area contributed by atoms with Crippen molar-refractivity contribution >= 4 is 5.91 Å². The third-order valence-corrected chi connectivity index (χ3v) is 1.80. The Balaban J connectivity index is 2.24. The second-order valence-electron chi connectivity index (χ2n) is 2.95. The van der Waals surface area contributed by atoms with E-state index < -0.39 is 0 Å². The van der Waals surface area contributed by atoms with Crippen molar-refractivity contribution in [2.24, 2.45) is 0 Å². The number of amides is 1. The lowest BCUT2D eigenvalue weighted by molar-refractivity contribution is -0.119. The van der Waals surface area contributed by atoms with E-state index >= 15 is 0 Å². The fraction of sp³-hybridized carbons (Fsp3) is 0.857. The van der Waals surface area contributed by atoms with E-state index in [1.54, 1.807) is 6.92 Å². The third-order valence-electron chi connectivity index (χ3n) is 1.80. The summed E-state index contributed by atoms with van der Waals surface area (Å²) in [4.78, 5) is 12.8. The molecule has 0 aliphatic carbocycles. The summed E-state index contributed by atoms with van der Waals surface area (Å²) in [7, 11) is 2.07. The van der Waals surface area contributed by atoms with E-state index in [-0.39, 0.29) is 5.91 Å². The second-order valence-corrected chi connectivity index (χ2v) is 2.95. The number of nitrogens with zero attached hydrogens (tertiary/aromatic N) is 1. The monoisotopic (exact) mass is 142 g/mol. The first-order chi connectivity index (χ1) is 4.68. The topological polar surface area (TPSA) is 32.3 Å². The zero-order chi connectivity index (χ0) is 7.56. The maximum absolute atomic E-state index is 10.6. The molecule has 10 heavy (non-hydrogen) atoms. The van der Waals surface area contributed by atoms with Gasteiger partial charge in [-0.2, -0.15) is 0 Å². The highest BCUT2D eigenvalue weighted by molar-refractivity contribution is 5.73. The van der Waals surface area contributed by atoms with Gasteiger partial charge in [-0.05, 0) is 20.0 Å². The lowest BCUT2D eigenvalue weighted by Crippen LogP contribution is -2.34. The van der Waals surface area contributed by atoms with Gasteiger partial charge in [-0.3, -0.25) is 4.79 Å². The molecule has 0 bridgehead atoms. The minimum absolute atomic E-state index is 0.0836. The minimum atomic E-state index is 0.0836. The van der Waals surface area contributed by atoms with Crippen LogP contribution in [0.4, 0.5) is 0 Å². The Hall–Kier alpha value is -0.570. The molecule has 1 aliphatic heterocycles. The third kappa shape index (κ3) is 1.99. The van der Waals surface area contributed by atoms with Crippen LogP contribution in [0, 0.1) is 0 Å². The molecule has 1 aliphatic rings. The van der Waals surface area contributed by atoms with Crippen molar-refractivity contribution in [1.82, 2.24) is 10.2 Å². The number of hydrogen-bond acceptors (Lipinski definition) is 2. The molecule has 58 valence electrons. The molecule has 1 fully saturated rings. The summed E-state index contributed by atoms with van der Waals surface area (Å²) < 4.78 is 0. The van der Waals surface area contributed by atoms with Crippen molar-refractivity contribution in [2.45, 2.75) is 19.4 Å². The number of likely N-dealkylation sites (tertiary alicyclic amines) is 1. The molecule has 3 heteroatoms. The summed E-state index contributed by atoms with van der Waals surface area (Å²) in [6, 6.07) is 0.391. The summed E-state index contributed by atoms with van der Waals surface area (Å²) >= 11 is 0. The second kappa shape index (κ2) is 3.01. The van der Waals surface area contributed by atoms with Crippen molar-refractivity contribution in [3.63, 3.8) is 0 Å². The maximum atomic E-state index is 10.6.